The maximum absolute atomic E-state index is 13.4. The second-order valence-electron chi connectivity index (χ2n) is 5.28. The molecule has 2 aromatic rings. The largest absolute Gasteiger partial charge is 0.461 e. The smallest absolute Gasteiger partial charge is 0.307 e. The summed E-state index contributed by atoms with van der Waals surface area (Å²) >= 11 is 0. The molecule has 0 saturated heterocycles. The third-order valence-corrected chi connectivity index (χ3v) is 3.31. The Hall–Kier alpha value is -2.76. The number of nitrogens with one attached hydrogen (secondary N) is 1. The number of carbonyl (C=O) groups is 2. The van der Waals surface area contributed by atoms with Crippen molar-refractivity contribution in [1.29, 1.82) is 0 Å². The van der Waals surface area contributed by atoms with E-state index in [0.717, 1.165) is 23.3 Å². The van der Waals surface area contributed by atoms with Gasteiger partial charge in [0.15, 0.2) is 0 Å². The highest BCUT2D eigenvalue weighted by Crippen LogP contribution is 2.09. The minimum absolute atomic E-state index is 0.00236. The Morgan fingerprint density at radius 3 is 2.46 bits per heavy atom. The lowest BCUT2D eigenvalue weighted by molar-refractivity contribution is -0.144. The zero-order valence-corrected chi connectivity index (χ0v) is 13.1. The highest BCUT2D eigenvalue weighted by atomic mass is 19.1. The molecule has 2 rings (SSSR count). The topological polar surface area (TPSA) is 55.4 Å². The van der Waals surface area contributed by atoms with Crippen molar-refractivity contribution in [1.82, 2.24) is 5.32 Å². The minimum atomic E-state index is -0.950. The molecule has 0 bridgehead atoms. The summed E-state index contributed by atoms with van der Waals surface area (Å²) in [6, 6.07) is 10.2. The van der Waals surface area contributed by atoms with Gasteiger partial charge >= 0.3 is 5.97 Å². The van der Waals surface area contributed by atoms with Gasteiger partial charge in [-0.25, -0.2) is 8.78 Å². The Morgan fingerprint density at radius 2 is 1.79 bits per heavy atom. The molecule has 24 heavy (non-hydrogen) atoms. The molecule has 0 aliphatic heterocycles. The fourth-order valence-corrected chi connectivity index (χ4v) is 1.97. The first-order valence-corrected chi connectivity index (χ1v) is 7.40. The Balaban J connectivity index is 1.74. The maximum Gasteiger partial charge on any atom is 0.307 e. The second kappa shape index (κ2) is 8.19. The lowest BCUT2D eigenvalue weighted by Gasteiger charge is -2.07. The molecule has 0 spiro atoms. The van der Waals surface area contributed by atoms with Crippen LogP contribution in [0.1, 0.15) is 27.9 Å². The van der Waals surface area contributed by atoms with Gasteiger partial charge in [0.2, 0.25) is 0 Å². The molecule has 0 heterocycles. The molecule has 0 atom stereocenters. The molecule has 0 fully saturated rings. The van der Waals surface area contributed by atoms with Crippen LogP contribution in [0.15, 0.2) is 42.5 Å². The normalized spacial score (nSPS) is 10.3. The molecule has 0 saturated carbocycles. The third kappa shape index (κ3) is 5.15. The van der Waals surface area contributed by atoms with Gasteiger partial charge in [-0.2, -0.15) is 0 Å². The number of esters is 1. The van der Waals surface area contributed by atoms with Crippen LogP contribution in [-0.2, 0) is 16.1 Å². The maximum atomic E-state index is 13.4. The van der Waals surface area contributed by atoms with E-state index in [9.17, 15) is 18.4 Å². The fourth-order valence-electron chi connectivity index (χ4n) is 1.97. The van der Waals surface area contributed by atoms with Gasteiger partial charge in [0.25, 0.3) is 5.91 Å². The molecule has 6 heteroatoms. The first kappa shape index (κ1) is 17.6. The van der Waals surface area contributed by atoms with Crippen LogP contribution >= 0.6 is 0 Å². The van der Waals surface area contributed by atoms with Crippen LogP contribution in [0.5, 0.6) is 0 Å². The van der Waals surface area contributed by atoms with E-state index >= 15 is 0 Å². The molecule has 0 unspecified atom stereocenters. The van der Waals surface area contributed by atoms with Crippen molar-refractivity contribution in [3.63, 3.8) is 0 Å². The van der Waals surface area contributed by atoms with E-state index < -0.39 is 23.5 Å². The van der Waals surface area contributed by atoms with Gasteiger partial charge in [-0.15, -0.1) is 0 Å². The first-order valence-electron chi connectivity index (χ1n) is 7.40. The lowest BCUT2D eigenvalue weighted by Crippen LogP contribution is -2.27. The Kier molecular flexibility index (Phi) is 6.01. The van der Waals surface area contributed by atoms with E-state index in [-0.39, 0.29) is 25.1 Å². The molecule has 0 aliphatic carbocycles. The van der Waals surface area contributed by atoms with Crippen LogP contribution in [-0.4, -0.2) is 18.4 Å². The van der Waals surface area contributed by atoms with E-state index in [2.05, 4.69) is 5.32 Å². The predicted octanol–water partition coefficient (Wildman–Crippen LogP) is 3.14. The zero-order valence-electron chi connectivity index (χ0n) is 13.1. The molecule has 1 amide bonds. The van der Waals surface area contributed by atoms with Crippen LogP contribution in [0.2, 0.25) is 0 Å². The molecular formula is C18H17F2NO3. The van der Waals surface area contributed by atoms with E-state index in [4.69, 9.17) is 4.74 Å². The Labute approximate surface area is 138 Å². The molecule has 126 valence electrons. The van der Waals surface area contributed by atoms with Crippen molar-refractivity contribution >= 4 is 11.9 Å². The SMILES string of the molecule is Cc1ccc(COC(=O)CCNC(=O)c2ccc(F)cc2F)cc1. The van der Waals surface area contributed by atoms with Crippen LogP contribution in [0, 0.1) is 18.6 Å². The average molecular weight is 333 g/mol. The summed E-state index contributed by atoms with van der Waals surface area (Å²) < 4.78 is 31.3. The molecule has 1 N–H and O–H groups in total. The number of hydrogen-bond acceptors (Lipinski definition) is 3. The van der Waals surface area contributed by atoms with Gasteiger partial charge in [0, 0.05) is 12.6 Å². The number of hydrogen-bond donors (Lipinski definition) is 1. The number of aryl methyl sites for hydroxylation is 1. The summed E-state index contributed by atoms with van der Waals surface area (Å²) in [5.41, 5.74) is 1.71. The van der Waals surface area contributed by atoms with Crippen LogP contribution in [0.25, 0.3) is 0 Å². The number of rotatable bonds is 6. The second-order valence-corrected chi connectivity index (χ2v) is 5.28. The number of ether oxygens (including phenoxy) is 1. The summed E-state index contributed by atoms with van der Waals surface area (Å²) in [6.07, 6.45) is -0.0413. The van der Waals surface area contributed by atoms with Crippen molar-refractivity contribution in [2.24, 2.45) is 0 Å². The molecule has 4 nitrogen and oxygen atoms in total. The summed E-state index contributed by atoms with van der Waals surface area (Å²) in [5.74, 6) is -2.90. The number of halogens is 2. The molecular weight excluding hydrogens is 316 g/mol. The quantitative estimate of drug-likeness (QED) is 0.826. The number of carbonyl (C=O) groups excluding carboxylic acids is 2. The molecule has 0 aliphatic rings. The van der Waals surface area contributed by atoms with Crippen molar-refractivity contribution in [3.8, 4) is 0 Å². The highest BCUT2D eigenvalue weighted by Gasteiger charge is 2.12. The van der Waals surface area contributed by atoms with Crippen molar-refractivity contribution in [2.75, 3.05) is 6.54 Å². The summed E-state index contributed by atoms with van der Waals surface area (Å²) in [4.78, 5) is 23.4. The van der Waals surface area contributed by atoms with E-state index in [1.807, 2.05) is 31.2 Å². The fraction of sp³-hybridized carbons (Fsp3) is 0.222. The van der Waals surface area contributed by atoms with E-state index in [1.54, 1.807) is 0 Å². The van der Waals surface area contributed by atoms with Gasteiger partial charge in [0.1, 0.15) is 18.2 Å². The first-order chi connectivity index (χ1) is 11.5. The molecule has 0 aromatic heterocycles. The highest BCUT2D eigenvalue weighted by molar-refractivity contribution is 5.94. The van der Waals surface area contributed by atoms with Crippen LogP contribution in [0.4, 0.5) is 8.78 Å². The predicted molar refractivity (Wildman–Crippen MR) is 84.3 cm³/mol. The van der Waals surface area contributed by atoms with Crippen molar-refractivity contribution in [3.05, 3.63) is 70.8 Å². The van der Waals surface area contributed by atoms with Gasteiger partial charge in [0.05, 0.1) is 12.0 Å². The minimum Gasteiger partial charge on any atom is -0.461 e. The Morgan fingerprint density at radius 1 is 1.08 bits per heavy atom. The third-order valence-electron chi connectivity index (χ3n) is 3.31. The Bertz CT molecular complexity index is 730. The van der Waals surface area contributed by atoms with Crippen LogP contribution < -0.4 is 5.32 Å². The van der Waals surface area contributed by atoms with Gasteiger partial charge < -0.3 is 10.1 Å². The van der Waals surface area contributed by atoms with Gasteiger partial charge in [-0.05, 0) is 24.6 Å². The van der Waals surface area contributed by atoms with E-state index in [1.165, 1.54) is 0 Å². The standard InChI is InChI=1S/C18H17F2NO3/c1-12-2-4-13(5-3-12)11-24-17(22)8-9-21-18(23)15-7-6-14(19)10-16(15)20/h2-7,10H,8-9,11H2,1H3,(H,21,23). The van der Waals surface area contributed by atoms with Crippen molar-refractivity contribution < 1.29 is 23.1 Å². The molecule has 0 radical (unpaired) electrons. The number of amides is 1. The van der Waals surface area contributed by atoms with Gasteiger partial charge in [-0.1, -0.05) is 29.8 Å². The average Bonchev–Trinajstić information content (AvgIpc) is 2.54. The molecule has 2 aromatic carbocycles. The summed E-state index contributed by atoms with van der Waals surface area (Å²) in [7, 11) is 0. The zero-order chi connectivity index (χ0) is 17.5. The summed E-state index contributed by atoms with van der Waals surface area (Å²) in [6.45, 7) is 2.12. The number of benzene rings is 2. The lowest BCUT2D eigenvalue weighted by atomic mass is 10.2. The van der Waals surface area contributed by atoms with E-state index in [0.29, 0.717) is 6.07 Å². The monoisotopic (exact) mass is 333 g/mol. The van der Waals surface area contributed by atoms with Crippen LogP contribution in [0.3, 0.4) is 0 Å². The van der Waals surface area contributed by atoms with Crippen molar-refractivity contribution in [2.45, 2.75) is 20.0 Å². The van der Waals surface area contributed by atoms with Gasteiger partial charge in [-0.3, -0.25) is 9.59 Å². The summed E-state index contributed by atoms with van der Waals surface area (Å²) in [5, 5.41) is 2.39.